The molecule has 0 aromatic rings. The third-order valence-electron chi connectivity index (χ3n) is 2.34. The normalized spacial score (nSPS) is 26.8. The highest BCUT2D eigenvalue weighted by Gasteiger charge is 2.40. The molecule has 1 aliphatic heterocycles. The molecule has 1 N–H and O–H groups in total. The van der Waals surface area contributed by atoms with E-state index in [1.807, 2.05) is 0 Å². The number of likely N-dealkylation sites (tertiary alicyclic amines) is 1. The highest BCUT2D eigenvalue weighted by molar-refractivity contribution is 5.82. The summed E-state index contributed by atoms with van der Waals surface area (Å²) in [5.41, 5.74) is -2.04. The Hall–Kier alpha value is -1.10. The van der Waals surface area contributed by atoms with Crippen LogP contribution in [0.1, 0.15) is 40.5 Å². The fourth-order valence-corrected chi connectivity index (χ4v) is 1.64. The van der Waals surface area contributed by atoms with Gasteiger partial charge in [-0.1, -0.05) is 0 Å². The maximum atomic E-state index is 11.8. The van der Waals surface area contributed by atoms with E-state index in [-0.39, 0.29) is 25.2 Å². The van der Waals surface area contributed by atoms with Crippen molar-refractivity contribution < 1.29 is 19.4 Å². The Morgan fingerprint density at radius 2 is 2.06 bits per heavy atom. The third kappa shape index (κ3) is 3.20. The van der Waals surface area contributed by atoms with Crippen molar-refractivity contribution in [2.45, 2.75) is 51.9 Å². The monoisotopic (exact) mass is 229 g/mol. The molecule has 0 saturated carbocycles. The molecular weight excluding hydrogens is 210 g/mol. The van der Waals surface area contributed by atoms with Crippen molar-refractivity contribution in [1.82, 2.24) is 4.90 Å². The number of Topliss-reactive ketones (excluding diaryl/α,β-unsaturated/α-hetero) is 1. The molecule has 0 radical (unpaired) electrons. The molecule has 1 amide bonds. The van der Waals surface area contributed by atoms with E-state index >= 15 is 0 Å². The van der Waals surface area contributed by atoms with Gasteiger partial charge >= 0.3 is 6.09 Å². The lowest BCUT2D eigenvalue weighted by atomic mass is 9.99. The molecular formula is C11H19NO4. The fourth-order valence-electron chi connectivity index (χ4n) is 1.64. The smallest absolute Gasteiger partial charge is 0.412 e. The van der Waals surface area contributed by atoms with Gasteiger partial charge in [-0.2, -0.15) is 0 Å². The molecule has 1 fully saturated rings. The zero-order valence-corrected chi connectivity index (χ0v) is 10.2. The molecule has 0 aromatic carbocycles. The van der Waals surface area contributed by atoms with Crippen LogP contribution in [0.2, 0.25) is 0 Å². The SMILES string of the molecule is CC(C)(C)OC(=O)N1CCC(=O)CC1(C)O. The molecule has 16 heavy (non-hydrogen) atoms. The first-order chi connectivity index (χ1) is 7.12. The molecule has 1 atom stereocenters. The van der Waals surface area contributed by atoms with Gasteiger partial charge < -0.3 is 9.84 Å². The number of aliphatic hydroxyl groups is 1. The minimum absolute atomic E-state index is 0.0355. The van der Waals surface area contributed by atoms with Crippen LogP contribution in [-0.4, -0.2) is 39.8 Å². The topological polar surface area (TPSA) is 66.8 Å². The van der Waals surface area contributed by atoms with Crippen LogP contribution in [-0.2, 0) is 9.53 Å². The minimum Gasteiger partial charge on any atom is -0.444 e. The Labute approximate surface area is 95.4 Å². The molecule has 1 unspecified atom stereocenters. The number of hydrogen-bond donors (Lipinski definition) is 1. The summed E-state index contributed by atoms with van der Waals surface area (Å²) in [4.78, 5) is 24.2. The standard InChI is InChI=1S/C11H19NO4/c1-10(2,3)16-9(14)12-6-5-8(13)7-11(12,4)15/h15H,5-7H2,1-4H3. The molecule has 92 valence electrons. The number of ketones is 1. The maximum Gasteiger partial charge on any atom is 0.412 e. The van der Waals surface area contributed by atoms with Crippen molar-refractivity contribution in [1.29, 1.82) is 0 Å². The molecule has 0 bridgehead atoms. The van der Waals surface area contributed by atoms with E-state index in [0.717, 1.165) is 0 Å². The van der Waals surface area contributed by atoms with Crippen LogP contribution in [0.15, 0.2) is 0 Å². The van der Waals surface area contributed by atoms with E-state index in [9.17, 15) is 14.7 Å². The summed E-state index contributed by atoms with van der Waals surface area (Å²) in [6.07, 6.45) is -0.341. The number of carbonyl (C=O) groups excluding carboxylic acids is 2. The van der Waals surface area contributed by atoms with Crippen LogP contribution >= 0.6 is 0 Å². The van der Waals surface area contributed by atoms with Gasteiger partial charge in [-0.05, 0) is 27.7 Å². The van der Waals surface area contributed by atoms with Crippen molar-refractivity contribution in [2.75, 3.05) is 6.54 Å². The fraction of sp³-hybridized carbons (Fsp3) is 0.818. The van der Waals surface area contributed by atoms with E-state index in [0.29, 0.717) is 0 Å². The minimum atomic E-state index is -1.43. The molecule has 5 heteroatoms. The lowest BCUT2D eigenvalue weighted by Gasteiger charge is -2.40. The Bertz CT molecular complexity index is 304. The van der Waals surface area contributed by atoms with E-state index in [1.165, 1.54) is 11.8 Å². The van der Waals surface area contributed by atoms with Crippen molar-refractivity contribution in [2.24, 2.45) is 0 Å². The zero-order chi connectivity index (χ0) is 12.6. The predicted molar refractivity (Wildman–Crippen MR) is 57.8 cm³/mol. The molecule has 1 heterocycles. The zero-order valence-electron chi connectivity index (χ0n) is 10.2. The summed E-state index contributed by atoms with van der Waals surface area (Å²) in [6, 6.07) is 0. The van der Waals surface area contributed by atoms with Gasteiger partial charge in [0, 0.05) is 13.0 Å². The third-order valence-corrected chi connectivity index (χ3v) is 2.34. The van der Waals surface area contributed by atoms with Crippen LogP contribution in [0.3, 0.4) is 0 Å². The van der Waals surface area contributed by atoms with Crippen molar-refractivity contribution in [3.8, 4) is 0 Å². The number of nitrogens with zero attached hydrogens (tertiary/aromatic N) is 1. The van der Waals surface area contributed by atoms with Gasteiger partial charge in [-0.25, -0.2) is 4.79 Å². The van der Waals surface area contributed by atoms with Gasteiger partial charge in [-0.15, -0.1) is 0 Å². The highest BCUT2D eigenvalue weighted by atomic mass is 16.6. The van der Waals surface area contributed by atoms with Gasteiger partial charge in [0.15, 0.2) is 0 Å². The number of piperidine rings is 1. The van der Waals surface area contributed by atoms with Crippen LogP contribution in [0.5, 0.6) is 0 Å². The second kappa shape index (κ2) is 4.05. The maximum absolute atomic E-state index is 11.8. The van der Waals surface area contributed by atoms with Gasteiger partial charge in [0.1, 0.15) is 17.1 Å². The summed E-state index contributed by atoms with van der Waals surface area (Å²) < 4.78 is 5.16. The molecule has 1 saturated heterocycles. The lowest BCUT2D eigenvalue weighted by Crippen LogP contribution is -2.56. The second-order valence-electron chi connectivity index (χ2n) is 5.31. The van der Waals surface area contributed by atoms with Crippen molar-refractivity contribution >= 4 is 11.9 Å². The van der Waals surface area contributed by atoms with Crippen LogP contribution in [0.25, 0.3) is 0 Å². The number of rotatable bonds is 0. The molecule has 0 spiro atoms. The predicted octanol–water partition coefficient (Wildman–Crippen LogP) is 1.29. The average Bonchev–Trinajstić information content (AvgIpc) is 1.97. The Morgan fingerprint density at radius 1 is 1.50 bits per heavy atom. The average molecular weight is 229 g/mol. The van der Waals surface area contributed by atoms with Crippen LogP contribution < -0.4 is 0 Å². The molecule has 1 rings (SSSR count). The van der Waals surface area contributed by atoms with Gasteiger partial charge in [0.25, 0.3) is 0 Å². The van der Waals surface area contributed by atoms with Crippen LogP contribution in [0.4, 0.5) is 4.79 Å². The summed E-state index contributed by atoms with van der Waals surface area (Å²) in [5.74, 6) is -0.0372. The summed E-state index contributed by atoms with van der Waals surface area (Å²) in [7, 11) is 0. The second-order valence-corrected chi connectivity index (χ2v) is 5.31. The lowest BCUT2D eigenvalue weighted by molar-refractivity contribution is -0.145. The first-order valence-corrected chi connectivity index (χ1v) is 5.36. The molecule has 0 aromatic heterocycles. The number of hydrogen-bond acceptors (Lipinski definition) is 4. The Kier molecular flexibility index (Phi) is 3.28. The molecule has 5 nitrogen and oxygen atoms in total. The van der Waals surface area contributed by atoms with Gasteiger partial charge in [-0.3, -0.25) is 9.69 Å². The first kappa shape index (κ1) is 13.0. The van der Waals surface area contributed by atoms with Crippen molar-refractivity contribution in [3.63, 3.8) is 0 Å². The van der Waals surface area contributed by atoms with Crippen molar-refractivity contribution in [3.05, 3.63) is 0 Å². The van der Waals surface area contributed by atoms with E-state index in [4.69, 9.17) is 4.74 Å². The van der Waals surface area contributed by atoms with E-state index in [2.05, 4.69) is 0 Å². The number of amides is 1. The Morgan fingerprint density at radius 3 is 2.50 bits per heavy atom. The van der Waals surface area contributed by atoms with Crippen LogP contribution in [0, 0.1) is 0 Å². The van der Waals surface area contributed by atoms with E-state index < -0.39 is 17.4 Å². The van der Waals surface area contributed by atoms with Gasteiger partial charge in [0.2, 0.25) is 0 Å². The quantitative estimate of drug-likeness (QED) is 0.679. The number of ether oxygens (including phenoxy) is 1. The highest BCUT2D eigenvalue weighted by Crippen LogP contribution is 2.25. The molecule has 1 aliphatic rings. The summed E-state index contributed by atoms with van der Waals surface area (Å²) in [5, 5.41) is 9.98. The summed E-state index contributed by atoms with van der Waals surface area (Å²) in [6.45, 7) is 6.94. The molecule has 0 aliphatic carbocycles. The van der Waals surface area contributed by atoms with Gasteiger partial charge in [0.05, 0.1) is 6.42 Å². The van der Waals surface area contributed by atoms with E-state index in [1.54, 1.807) is 20.8 Å². The largest absolute Gasteiger partial charge is 0.444 e. The summed E-state index contributed by atoms with van der Waals surface area (Å²) >= 11 is 0. The number of carbonyl (C=O) groups is 2. The Balaban J connectivity index is 2.73. The first-order valence-electron chi connectivity index (χ1n) is 5.36.